The molecule has 0 aliphatic carbocycles. The van der Waals surface area contributed by atoms with Crippen LogP contribution in [0.3, 0.4) is 0 Å². The van der Waals surface area contributed by atoms with Crippen molar-refractivity contribution in [3.8, 4) is 0 Å². The zero-order chi connectivity index (χ0) is 8.27. The molecule has 0 spiro atoms. The van der Waals surface area contributed by atoms with Gasteiger partial charge in [-0.2, -0.15) is 0 Å². The van der Waals surface area contributed by atoms with Crippen molar-refractivity contribution >= 4 is 11.3 Å². The van der Waals surface area contributed by atoms with Crippen LogP contribution in [0.25, 0.3) is 0 Å². The highest BCUT2D eigenvalue weighted by Crippen LogP contribution is 2.21. The molecule has 62 valence electrons. The average molecular weight is 171 g/mol. The van der Waals surface area contributed by atoms with Crippen molar-refractivity contribution in [1.82, 2.24) is 0 Å². The Balaban J connectivity index is 2.79. The first-order valence-corrected chi connectivity index (χ1v) is 4.36. The number of methoxy groups -OCH3 is 1. The number of ether oxygens (including phenoxy) is 1. The van der Waals surface area contributed by atoms with E-state index in [4.69, 9.17) is 10.5 Å². The summed E-state index contributed by atoms with van der Waals surface area (Å²) in [5.74, 6) is 0. The summed E-state index contributed by atoms with van der Waals surface area (Å²) < 4.78 is 5.03. The van der Waals surface area contributed by atoms with Gasteiger partial charge in [0.2, 0.25) is 0 Å². The summed E-state index contributed by atoms with van der Waals surface area (Å²) in [7, 11) is 1.71. The van der Waals surface area contributed by atoms with Crippen LogP contribution in [0.2, 0.25) is 0 Å². The Morgan fingerprint density at radius 3 is 2.82 bits per heavy atom. The minimum absolute atomic E-state index is 0.634. The van der Waals surface area contributed by atoms with Crippen LogP contribution in [0, 0.1) is 6.92 Å². The fourth-order valence-corrected chi connectivity index (χ4v) is 1.91. The Bertz CT molecular complexity index is 232. The van der Waals surface area contributed by atoms with E-state index in [-0.39, 0.29) is 0 Å². The van der Waals surface area contributed by atoms with Gasteiger partial charge in [-0.1, -0.05) is 0 Å². The fraction of sp³-hybridized carbons (Fsp3) is 0.500. The van der Waals surface area contributed by atoms with Crippen LogP contribution >= 0.6 is 11.3 Å². The summed E-state index contributed by atoms with van der Waals surface area (Å²) in [6.45, 7) is 3.43. The van der Waals surface area contributed by atoms with Crippen LogP contribution in [0.5, 0.6) is 0 Å². The molecule has 0 aliphatic rings. The molecule has 1 aromatic heterocycles. The van der Waals surface area contributed by atoms with Crippen molar-refractivity contribution in [2.24, 2.45) is 5.73 Å². The summed E-state index contributed by atoms with van der Waals surface area (Å²) in [5, 5.41) is 0. The maximum Gasteiger partial charge on any atom is 0.0723 e. The second-order valence-corrected chi connectivity index (χ2v) is 3.77. The minimum atomic E-state index is 0.634. The van der Waals surface area contributed by atoms with E-state index in [0.29, 0.717) is 13.2 Å². The Kier molecular flexibility index (Phi) is 3.05. The lowest BCUT2D eigenvalue weighted by Crippen LogP contribution is -1.92. The normalized spacial score (nSPS) is 10.5. The van der Waals surface area contributed by atoms with Crippen molar-refractivity contribution in [2.75, 3.05) is 7.11 Å². The number of aryl methyl sites for hydroxylation is 1. The highest BCUT2D eigenvalue weighted by Gasteiger charge is 2.02. The molecule has 0 unspecified atom stereocenters. The molecule has 1 rings (SSSR count). The monoisotopic (exact) mass is 171 g/mol. The highest BCUT2D eigenvalue weighted by atomic mass is 32.1. The molecule has 0 aliphatic heterocycles. The van der Waals surface area contributed by atoms with Crippen LogP contribution < -0.4 is 5.73 Å². The SMILES string of the molecule is COCc1cc(CN)sc1C. The average Bonchev–Trinajstić information content (AvgIpc) is 2.33. The highest BCUT2D eigenvalue weighted by molar-refractivity contribution is 7.12. The summed E-state index contributed by atoms with van der Waals surface area (Å²) in [5.41, 5.74) is 6.76. The predicted octanol–water partition coefficient (Wildman–Crippen LogP) is 1.66. The third-order valence-corrected chi connectivity index (χ3v) is 2.69. The smallest absolute Gasteiger partial charge is 0.0723 e. The Morgan fingerprint density at radius 1 is 1.64 bits per heavy atom. The fourth-order valence-electron chi connectivity index (χ4n) is 0.987. The van der Waals surface area contributed by atoms with Crippen molar-refractivity contribution in [1.29, 1.82) is 0 Å². The summed E-state index contributed by atoms with van der Waals surface area (Å²) in [6, 6.07) is 2.11. The summed E-state index contributed by atoms with van der Waals surface area (Å²) in [6.07, 6.45) is 0. The van der Waals surface area contributed by atoms with E-state index in [0.717, 1.165) is 0 Å². The lowest BCUT2D eigenvalue weighted by Gasteiger charge is -1.94. The Labute approximate surface area is 71.0 Å². The van der Waals surface area contributed by atoms with Crippen molar-refractivity contribution in [3.05, 3.63) is 21.4 Å². The molecule has 0 atom stereocenters. The molecule has 0 fully saturated rings. The lowest BCUT2D eigenvalue weighted by molar-refractivity contribution is 0.185. The number of thiophene rings is 1. The Hall–Kier alpha value is -0.380. The Morgan fingerprint density at radius 2 is 2.36 bits per heavy atom. The first-order valence-electron chi connectivity index (χ1n) is 3.55. The van der Waals surface area contributed by atoms with Crippen LogP contribution in [0.15, 0.2) is 6.07 Å². The molecule has 0 amide bonds. The van der Waals surface area contributed by atoms with Crippen LogP contribution in [-0.2, 0) is 17.9 Å². The topological polar surface area (TPSA) is 35.2 Å². The van der Waals surface area contributed by atoms with Gasteiger partial charge >= 0.3 is 0 Å². The molecule has 0 saturated heterocycles. The van der Waals surface area contributed by atoms with Gasteiger partial charge in [-0.05, 0) is 18.6 Å². The van der Waals surface area contributed by atoms with E-state index in [1.165, 1.54) is 15.3 Å². The van der Waals surface area contributed by atoms with Crippen molar-refractivity contribution < 1.29 is 4.74 Å². The van der Waals surface area contributed by atoms with E-state index >= 15 is 0 Å². The molecule has 3 heteroatoms. The van der Waals surface area contributed by atoms with Crippen LogP contribution in [0.1, 0.15) is 15.3 Å². The second-order valence-electron chi connectivity index (χ2n) is 2.43. The van der Waals surface area contributed by atoms with Gasteiger partial charge in [-0.15, -0.1) is 11.3 Å². The van der Waals surface area contributed by atoms with Gasteiger partial charge in [-0.25, -0.2) is 0 Å². The molecular formula is C8H13NOS. The summed E-state index contributed by atoms with van der Waals surface area (Å²) in [4.78, 5) is 2.54. The molecule has 0 radical (unpaired) electrons. The van der Waals surface area contributed by atoms with Gasteiger partial charge in [0.05, 0.1) is 6.61 Å². The maximum absolute atomic E-state index is 5.50. The summed E-state index contributed by atoms with van der Waals surface area (Å²) >= 11 is 1.75. The quantitative estimate of drug-likeness (QED) is 0.750. The van der Waals surface area contributed by atoms with Gasteiger partial charge in [0, 0.05) is 23.4 Å². The molecule has 2 N–H and O–H groups in total. The molecule has 0 aromatic carbocycles. The third-order valence-electron chi connectivity index (χ3n) is 1.57. The van der Waals surface area contributed by atoms with E-state index in [2.05, 4.69) is 13.0 Å². The molecular weight excluding hydrogens is 158 g/mol. The zero-order valence-corrected chi connectivity index (χ0v) is 7.70. The van der Waals surface area contributed by atoms with Gasteiger partial charge in [0.1, 0.15) is 0 Å². The van der Waals surface area contributed by atoms with Crippen molar-refractivity contribution in [3.63, 3.8) is 0 Å². The predicted molar refractivity (Wildman–Crippen MR) is 47.7 cm³/mol. The van der Waals surface area contributed by atoms with Gasteiger partial charge in [-0.3, -0.25) is 0 Å². The molecule has 1 heterocycles. The molecule has 2 nitrogen and oxygen atoms in total. The van der Waals surface area contributed by atoms with Crippen LogP contribution in [-0.4, -0.2) is 7.11 Å². The molecule has 0 saturated carbocycles. The lowest BCUT2D eigenvalue weighted by atomic mass is 10.2. The van der Waals surface area contributed by atoms with Gasteiger partial charge in [0.25, 0.3) is 0 Å². The third kappa shape index (κ3) is 2.02. The number of hydrogen-bond donors (Lipinski definition) is 1. The van der Waals surface area contributed by atoms with Crippen LogP contribution in [0.4, 0.5) is 0 Å². The van der Waals surface area contributed by atoms with E-state index < -0.39 is 0 Å². The largest absolute Gasteiger partial charge is 0.380 e. The van der Waals surface area contributed by atoms with E-state index in [1.54, 1.807) is 18.4 Å². The molecule has 1 aromatic rings. The first kappa shape index (κ1) is 8.71. The molecule has 0 bridgehead atoms. The zero-order valence-electron chi connectivity index (χ0n) is 6.89. The number of nitrogens with two attached hydrogens (primary N) is 1. The first-order chi connectivity index (χ1) is 5.27. The molecule has 11 heavy (non-hydrogen) atoms. The number of hydrogen-bond acceptors (Lipinski definition) is 3. The standard InChI is InChI=1S/C8H13NOS/c1-6-7(5-10-2)3-8(4-9)11-6/h3H,4-5,9H2,1-2H3. The maximum atomic E-state index is 5.50. The number of rotatable bonds is 3. The second kappa shape index (κ2) is 3.85. The van der Waals surface area contributed by atoms with Gasteiger partial charge in [0.15, 0.2) is 0 Å². The van der Waals surface area contributed by atoms with E-state index in [1.807, 2.05) is 0 Å². The minimum Gasteiger partial charge on any atom is -0.380 e. The van der Waals surface area contributed by atoms with Gasteiger partial charge < -0.3 is 10.5 Å². The van der Waals surface area contributed by atoms with E-state index in [9.17, 15) is 0 Å². The van der Waals surface area contributed by atoms with Crippen molar-refractivity contribution in [2.45, 2.75) is 20.1 Å².